The predicted octanol–water partition coefficient (Wildman–Crippen LogP) is 9.00. The van der Waals surface area contributed by atoms with Crippen LogP contribution in [0.25, 0.3) is 44.1 Å². The molecular formula is C38H42Cl3N10OV2. The monoisotopic (exact) mass is 861 g/mol. The molecule has 0 aliphatic carbocycles. The number of aromatic amines is 4. The Morgan fingerprint density at radius 3 is 0.944 bits per heavy atom. The third kappa shape index (κ3) is 12.6. The maximum atomic E-state index is 4.95. The minimum absolute atomic E-state index is 0. The Morgan fingerprint density at radius 2 is 0.741 bits per heavy atom. The van der Waals surface area contributed by atoms with E-state index in [9.17, 15) is 0 Å². The van der Waals surface area contributed by atoms with Crippen LogP contribution in [0.15, 0.2) is 97.1 Å². The Kier molecular flexibility index (Phi) is 16.4. The fraction of sp³-hybridized carbons (Fsp3) is 0.263. The molecule has 8 aromatic rings. The Labute approximate surface area is 343 Å². The Hall–Kier alpha value is -3.32. The summed E-state index contributed by atoms with van der Waals surface area (Å²) >= 11 is -1.77. The van der Waals surface area contributed by atoms with Gasteiger partial charge in [0, 0.05) is 31.8 Å². The molecule has 0 saturated carbocycles. The zero-order chi connectivity index (χ0) is 37.0. The van der Waals surface area contributed by atoms with Gasteiger partial charge in [-0.25, -0.2) is 19.9 Å². The maximum Gasteiger partial charge on any atom is 0 e. The van der Waals surface area contributed by atoms with Gasteiger partial charge in [-0.15, -0.1) is 0 Å². The molecule has 0 atom stereocenters. The number of hydrogen-bond acceptors (Lipinski definition) is 7. The quantitative estimate of drug-likeness (QED) is 0.120. The van der Waals surface area contributed by atoms with Crippen LogP contribution in [0.1, 0.15) is 36.1 Å². The van der Waals surface area contributed by atoms with E-state index in [1.165, 1.54) is 12.8 Å². The molecule has 1 fully saturated rings. The first-order valence-corrected chi connectivity index (χ1v) is 23.0. The van der Waals surface area contributed by atoms with Crippen LogP contribution in [0.5, 0.6) is 0 Å². The summed E-state index contributed by atoms with van der Waals surface area (Å²) in [6.07, 6.45) is 2.56. The van der Waals surface area contributed by atoms with Crippen LogP contribution in [0, 0.1) is 0 Å². The summed E-state index contributed by atoms with van der Waals surface area (Å²) in [5.74, 6) is 3.89. The average molecular weight is 863 g/mol. The molecule has 9 rings (SSSR count). The molecular weight excluding hydrogens is 821 g/mol. The predicted molar refractivity (Wildman–Crippen MR) is 212 cm³/mol. The molecule has 1 aliphatic rings. The summed E-state index contributed by atoms with van der Waals surface area (Å²) in [6, 6.07) is 32.4. The normalized spacial score (nSPS) is 12.4. The molecule has 0 unspecified atom stereocenters. The number of H-pyrrole nitrogens is 4. The van der Waals surface area contributed by atoms with E-state index in [1.54, 1.807) is 0 Å². The first-order valence-electron chi connectivity index (χ1n) is 17.3. The number of aromatic nitrogens is 8. The zero-order valence-corrected chi connectivity index (χ0v) is 35.1. The van der Waals surface area contributed by atoms with E-state index in [2.05, 4.69) is 63.8 Å². The first-order chi connectivity index (χ1) is 25.8. The maximum absolute atomic E-state index is 4.95. The topological polar surface area (TPSA) is 130 Å². The van der Waals surface area contributed by atoms with Crippen molar-refractivity contribution in [2.45, 2.75) is 39.0 Å². The molecule has 1 aliphatic heterocycles. The van der Waals surface area contributed by atoms with Crippen molar-refractivity contribution < 1.29 is 35.6 Å². The third-order valence-corrected chi connectivity index (χ3v) is 8.26. The van der Waals surface area contributed by atoms with Crippen molar-refractivity contribution in [3.05, 3.63) is 120 Å². The van der Waals surface area contributed by atoms with Gasteiger partial charge < -0.3 is 24.7 Å². The van der Waals surface area contributed by atoms with E-state index in [4.69, 9.17) is 34.3 Å². The number of hydrogen-bond donors (Lipinski definition) is 4. The molecule has 5 heterocycles. The number of nitrogens with one attached hydrogen (secondary N) is 4. The van der Waals surface area contributed by atoms with Gasteiger partial charge in [0.1, 0.15) is 23.3 Å². The van der Waals surface area contributed by atoms with Gasteiger partial charge in [0.05, 0.1) is 70.3 Å². The van der Waals surface area contributed by atoms with Gasteiger partial charge in [-0.2, -0.15) is 0 Å². The van der Waals surface area contributed by atoms with E-state index in [-0.39, 0.29) is 18.6 Å². The number of benzene rings is 4. The number of ether oxygens (including phenoxy) is 1. The second kappa shape index (κ2) is 21.1. The van der Waals surface area contributed by atoms with E-state index in [0.29, 0.717) is 0 Å². The smallest absolute Gasteiger partial charge is 0 e. The molecule has 0 spiro atoms. The molecule has 1 radical (unpaired) electrons. The van der Waals surface area contributed by atoms with Crippen molar-refractivity contribution in [2.75, 3.05) is 27.3 Å². The molecule has 11 nitrogen and oxygen atoms in total. The fourth-order valence-electron chi connectivity index (χ4n) is 5.97. The summed E-state index contributed by atoms with van der Waals surface area (Å²) in [5, 5.41) is 0. The third-order valence-electron chi connectivity index (χ3n) is 8.26. The molecule has 4 aromatic carbocycles. The SMILES string of the molecule is C1CCOC1.CN(Cc1nc2ccccc2[nH]1)Cc1nc2ccccc2[nH]1.CN(Cc1nc2ccccc2[nH]1)Cc1nc2ccccc2[nH]1.[Cl][V]([Cl])[Cl].[V]. The van der Waals surface area contributed by atoms with Crippen molar-refractivity contribution in [2.24, 2.45) is 0 Å². The zero-order valence-electron chi connectivity index (χ0n) is 30.0. The number of fused-ring (bicyclic) bond motifs is 4. The van der Waals surface area contributed by atoms with Crippen LogP contribution in [0.2, 0.25) is 0 Å². The number of para-hydroxylation sites is 8. The standard InChI is InChI=1S/2C17H17N5.C4H8O.3ClH.2V/c2*1-22(10-16-18-12-6-2-3-7-13(12)19-16)11-17-20-14-8-4-5-9-15(14)21-17;1-2-4-5-3-1;;;;;/h2*2-9H,10-11H2,1H3,(H,18,19)(H,20,21);1-4H2;3*1H;;/q;;;;;;;+3/p-3. The van der Waals surface area contributed by atoms with E-state index in [1.807, 2.05) is 97.1 Å². The van der Waals surface area contributed by atoms with E-state index < -0.39 is 12.3 Å². The van der Waals surface area contributed by atoms with Gasteiger partial charge in [0.2, 0.25) is 0 Å². The van der Waals surface area contributed by atoms with Crippen LogP contribution in [0.3, 0.4) is 0 Å². The average Bonchev–Trinajstić information content (AvgIpc) is 3.98. The Morgan fingerprint density at radius 1 is 0.500 bits per heavy atom. The van der Waals surface area contributed by atoms with Gasteiger partial charge >= 0.3 is 41.8 Å². The summed E-state index contributed by atoms with van der Waals surface area (Å²) in [4.78, 5) is 36.2. The molecule has 54 heavy (non-hydrogen) atoms. The number of imidazole rings is 4. The van der Waals surface area contributed by atoms with Gasteiger partial charge in [0.25, 0.3) is 0 Å². The van der Waals surface area contributed by atoms with Gasteiger partial charge in [-0.05, 0) is 75.5 Å². The second-order valence-electron chi connectivity index (χ2n) is 12.7. The summed E-state index contributed by atoms with van der Waals surface area (Å²) in [6.45, 7) is 5.02. The van der Waals surface area contributed by atoms with Crippen molar-refractivity contribution >= 4 is 73.7 Å². The molecule has 4 aromatic heterocycles. The molecule has 4 N–H and O–H groups in total. The van der Waals surface area contributed by atoms with Crippen molar-refractivity contribution in [3.8, 4) is 0 Å². The van der Waals surface area contributed by atoms with Crippen molar-refractivity contribution in [1.82, 2.24) is 49.7 Å². The van der Waals surface area contributed by atoms with Crippen molar-refractivity contribution in [1.29, 1.82) is 0 Å². The fourth-order valence-corrected chi connectivity index (χ4v) is 5.97. The van der Waals surface area contributed by atoms with Crippen LogP contribution in [-0.4, -0.2) is 77.0 Å². The van der Waals surface area contributed by atoms with Gasteiger partial charge in [-0.1, -0.05) is 48.5 Å². The summed E-state index contributed by atoms with van der Waals surface area (Å²) in [5.41, 5.74) is 8.35. The molecule has 0 amide bonds. The molecule has 1 saturated heterocycles. The van der Waals surface area contributed by atoms with Crippen LogP contribution < -0.4 is 0 Å². The second-order valence-corrected chi connectivity index (χ2v) is 19.6. The molecule has 281 valence electrons. The van der Waals surface area contributed by atoms with Gasteiger partial charge in [0.15, 0.2) is 0 Å². The molecule has 0 bridgehead atoms. The van der Waals surface area contributed by atoms with Crippen molar-refractivity contribution in [3.63, 3.8) is 0 Å². The summed E-state index contributed by atoms with van der Waals surface area (Å²) < 4.78 is 4.94. The number of halogens is 3. The number of rotatable bonds is 8. The minimum atomic E-state index is -1.77. The Balaban J connectivity index is 0.000000167. The van der Waals surface area contributed by atoms with Crippen LogP contribution in [-0.2, 0) is 61.8 Å². The molecule has 16 heteroatoms. The largest absolute Gasteiger partial charge is 0 e. The van der Waals surface area contributed by atoms with Gasteiger partial charge in [-0.3, -0.25) is 9.80 Å². The summed E-state index contributed by atoms with van der Waals surface area (Å²) in [7, 11) is 19.0. The Bertz CT molecular complexity index is 1870. The first kappa shape index (κ1) is 41.8. The number of nitrogens with zero attached hydrogens (tertiary/aromatic N) is 6. The van der Waals surface area contributed by atoms with E-state index >= 15 is 0 Å². The van der Waals surface area contributed by atoms with E-state index in [0.717, 1.165) is 107 Å². The van der Waals surface area contributed by atoms with Crippen LogP contribution in [0.4, 0.5) is 0 Å². The minimum Gasteiger partial charge on any atom is 0 e. The van der Waals surface area contributed by atoms with Crippen LogP contribution >= 0.6 is 29.5 Å².